The van der Waals surface area contributed by atoms with E-state index in [0.717, 1.165) is 22.3 Å². The Bertz CT molecular complexity index is 1890. The summed E-state index contributed by atoms with van der Waals surface area (Å²) in [5, 5.41) is 4.41. The highest BCUT2D eigenvalue weighted by molar-refractivity contribution is 7.98. The Balaban J connectivity index is 1.42. The molecule has 1 aromatic heterocycles. The number of thioether (sulfide) groups is 1. The highest BCUT2D eigenvalue weighted by atomic mass is 35.5. The lowest BCUT2D eigenvalue weighted by Gasteiger charge is -2.30. The quantitative estimate of drug-likeness (QED) is 0.0918. The summed E-state index contributed by atoms with van der Waals surface area (Å²) in [6.45, 7) is 2.36. The molecule has 45 heavy (non-hydrogen) atoms. The summed E-state index contributed by atoms with van der Waals surface area (Å²) in [6.07, 6.45) is 0. The molecule has 1 unspecified atom stereocenters. The van der Waals surface area contributed by atoms with Crippen LogP contribution < -0.4 is 15.6 Å². The SMILES string of the molecule is CCOC(=O)C1=C(c2ccccc2)Nc2nc(SCc3ccccc3Cl)[nH]c(=O)c2C1c1ccc(OCc2ccccc2)cc1. The minimum Gasteiger partial charge on any atom is -0.489 e. The molecule has 7 nitrogen and oxygen atoms in total. The minimum absolute atomic E-state index is 0.183. The molecule has 2 heterocycles. The van der Waals surface area contributed by atoms with Gasteiger partial charge in [0.25, 0.3) is 5.56 Å². The Kier molecular flexibility index (Phi) is 9.33. The van der Waals surface area contributed by atoms with Crippen LogP contribution in [-0.4, -0.2) is 22.5 Å². The Hall–Kier alpha value is -4.79. The summed E-state index contributed by atoms with van der Waals surface area (Å²) in [7, 11) is 0. The van der Waals surface area contributed by atoms with Crippen molar-refractivity contribution in [1.82, 2.24) is 9.97 Å². The lowest BCUT2D eigenvalue weighted by atomic mass is 9.81. The van der Waals surface area contributed by atoms with Crippen LogP contribution in [0.25, 0.3) is 5.70 Å². The van der Waals surface area contributed by atoms with E-state index in [1.165, 1.54) is 11.8 Å². The van der Waals surface area contributed by atoms with Crippen molar-refractivity contribution in [3.63, 3.8) is 0 Å². The molecule has 2 N–H and O–H groups in total. The van der Waals surface area contributed by atoms with Crippen LogP contribution in [-0.2, 0) is 21.9 Å². The zero-order valence-electron chi connectivity index (χ0n) is 24.5. The molecule has 0 radical (unpaired) electrons. The van der Waals surface area contributed by atoms with Gasteiger partial charge >= 0.3 is 5.97 Å². The number of aromatic amines is 1. The number of esters is 1. The number of H-pyrrole nitrogens is 1. The molecule has 0 spiro atoms. The first kappa shape index (κ1) is 30.2. The lowest BCUT2D eigenvalue weighted by Crippen LogP contribution is -2.31. The summed E-state index contributed by atoms with van der Waals surface area (Å²) in [6, 6.07) is 34.4. The molecule has 6 rings (SSSR count). The van der Waals surface area contributed by atoms with Gasteiger partial charge < -0.3 is 19.8 Å². The third-order valence-corrected chi connectivity index (χ3v) is 8.66. The first-order chi connectivity index (χ1) is 22.0. The molecule has 0 bridgehead atoms. The van der Waals surface area contributed by atoms with E-state index in [1.54, 1.807) is 6.92 Å². The second kappa shape index (κ2) is 13.9. The molecular weight excluding hydrogens is 606 g/mol. The first-order valence-corrected chi connectivity index (χ1v) is 15.9. The number of fused-ring (bicyclic) bond motifs is 1. The molecule has 0 saturated heterocycles. The van der Waals surface area contributed by atoms with E-state index in [-0.39, 0.29) is 12.2 Å². The van der Waals surface area contributed by atoms with Crippen LogP contribution in [0.1, 0.15) is 40.7 Å². The van der Waals surface area contributed by atoms with Crippen molar-refractivity contribution in [3.8, 4) is 5.75 Å². The van der Waals surface area contributed by atoms with Gasteiger partial charge in [-0.3, -0.25) is 4.79 Å². The summed E-state index contributed by atoms with van der Waals surface area (Å²) in [5.74, 6) is 0.296. The van der Waals surface area contributed by atoms with Crippen LogP contribution in [0.5, 0.6) is 5.75 Å². The predicted octanol–water partition coefficient (Wildman–Crippen LogP) is 7.83. The Morgan fingerprint density at radius 3 is 2.31 bits per heavy atom. The number of hydrogen-bond acceptors (Lipinski definition) is 7. The predicted molar refractivity (Wildman–Crippen MR) is 179 cm³/mol. The molecule has 0 amide bonds. The van der Waals surface area contributed by atoms with Gasteiger partial charge in [0.2, 0.25) is 0 Å². The normalized spacial score (nSPS) is 14.0. The van der Waals surface area contributed by atoms with Crippen LogP contribution in [0.3, 0.4) is 0 Å². The number of carbonyl (C=O) groups excluding carboxylic acids is 1. The molecule has 0 saturated carbocycles. The average molecular weight is 636 g/mol. The van der Waals surface area contributed by atoms with Crippen LogP contribution >= 0.6 is 23.4 Å². The van der Waals surface area contributed by atoms with Crippen LogP contribution in [0.4, 0.5) is 5.82 Å². The number of rotatable bonds is 10. The summed E-state index contributed by atoms with van der Waals surface area (Å²) >= 11 is 7.74. The Labute approximate surface area is 270 Å². The largest absolute Gasteiger partial charge is 0.489 e. The number of hydrogen-bond donors (Lipinski definition) is 2. The van der Waals surface area contributed by atoms with E-state index >= 15 is 0 Å². The number of carbonyl (C=O) groups is 1. The number of nitrogens with zero attached hydrogens (tertiary/aromatic N) is 1. The number of nitrogens with one attached hydrogen (secondary N) is 2. The smallest absolute Gasteiger partial charge is 0.337 e. The van der Waals surface area contributed by atoms with Crippen LogP contribution in [0.2, 0.25) is 5.02 Å². The molecule has 1 atom stereocenters. The number of aromatic nitrogens is 2. The van der Waals surface area contributed by atoms with Gasteiger partial charge in [-0.2, -0.15) is 0 Å². The van der Waals surface area contributed by atoms with Crippen molar-refractivity contribution in [2.24, 2.45) is 0 Å². The molecule has 1 aliphatic rings. The maximum Gasteiger partial charge on any atom is 0.337 e. The third-order valence-electron chi connectivity index (χ3n) is 7.37. The summed E-state index contributed by atoms with van der Waals surface area (Å²) in [5.41, 5.74) is 4.33. The topological polar surface area (TPSA) is 93.3 Å². The third kappa shape index (κ3) is 6.82. The van der Waals surface area contributed by atoms with Gasteiger partial charge in [0.05, 0.1) is 29.4 Å². The van der Waals surface area contributed by atoms with Gasteiger partial charge in [-0.25, -0.2) is 9.78 Å². The molecule has 226 valence electrons. The zero-order valence-corrected chi connectivity index (χ0v) is 26.0. The van der Waals surface area contributed by atoms with Crippen LogP contribution in [0.15, 0.2) is 125 Å². The van der Waals surface area contributed by atoms with Crippen molar-refractivity contribution < 1.29 is 14.3 Å². The summed E-state index contributed by atoms with van der Waals surface area (Å²) < 4.78 is 11.6. The van der Waals surface area contributed by atoms with E-state index in [9.17, 15) is 9.59 Å². The molecule has 1 aliphatic heterocycles. The fourth-order valence-electron chi connectivity index (χ4n) is 5.22. The monoisotopic (exact) mass is 635 g/mol. The second-order valence-electron chi connectivity index (χ2n) is 10.3. The van der Waals surface area contributed by atoms with E-state index < -0.39 is 11.9 Å². The second-order valence-corrected chi connectivity index (χ2v) is 11.7. The maximum absolute atomic E-state index is 13.9. The molecule has 9 heteroatoms. The van der Waals surface area contributed by atoms with Gasteiger partial charge in [-0.1, -0.05) is 114 Å². The van der Waals surface area contributed by atoms with Crippen molar-refractivity contribution in [3.05, 3.63) is 158 Å². The highest BCUT2D eigenvalue weighted by Crippen LogP contribution is 2.43. The molecule has 0 aliphatic carbocycles. The van der Waals surface area contributed by atoms with Crippen molar-refractivity contribution in [2.45, 2.75) is 30.4 Å². The first-order valence-electron chi connectivity index (χ1n) is 14.5. The number of anilines is 1. The fourth-order valence-corrected chi connectivity index (χ4v) is 6.37. The van der Waals surface area contributed by atoms with Gasteiger partial charge in [0.1, 0.15) is 18.2 Å². The average Bonchev–Trinajstić information content (AvgIpc) is 3.07. The lowest BCUT2D eigenvalue weighted by molar-refractivity contribution is -0.138. The van der Waals surface area contributed by atoms with Gasteiger partial charge in [-0.05, 0) is 47.4 Å². The maximum atomic E-state index is 13.9. The van der Waals surface area contributed by atoms with Crippen molar-refractivity contribution >= 4 is 40.8 Å². The Morgan fingerprint density at radius 1 is 0.911 bits per heavy atom. The fraction of sp³-hybridized carbons (Fsp3) is 0.139. The number of ether oxygens (including phenoxy) is 2. The number of halogens is 1. The van der Waals surface area contributed by atoms with Crippen molar-refractivity contribution in [1.29, 1.82) is 0 Å². The van der Waals surface area contributed by atoms with Crippen LogP contribution in [0, 0.1) is 0 Å². The number of benzene rings is 4. The van der Waals surface area contributed by atoms with Gasteiger partial charge in [0.15, 0.2) is 5.16 Å². The molecule has 0 fully saturated rings. The summed E-state index contributed by atoms with van der Waals surface area (Å²) in [4.78, 5) is 35.3. The Morgan fingerprint density at radius 2 is 1.60 bits per heavy atom. The van der Waals surface area contributed by atoms with Gasteiger partial charge in [0, 0.05) is 10.8 Å². The molecule has 5 aromatic rings. The molecular formula is C36H30ClN3O4S. The van der Waals surface area contributed by atoms with E-state index in [1.807, 2.05) is 109 Å². The van der Waals surface area contributed by atoms with Crippen molar-refractivity contribution in [2.75, 3.05) is 11.9 Å². The molecule has 4 aromatic carbocycles. The van der Waals surface area contributed by atoms with Gasteiger partial charge in [-0.15, -0.1) is 0 Å². The van der Waals surface area contributed by atoms with E-state index in [2.05, 4.69) is 10.3 Å². The van der Waals surface area contributed by atoms with E-state index in [0.29, 0.717) is 50.9 Å². The zero-order chi connectivity index (χ0) is 31.2. The highest BCUT2D eigenvalue weighted by Gasteiger charge is 2.38. The standard InChI is InChI=1S/C36H30ClN3O4S/c1-2-43-35(42)30-29(24-17-19-27(20-18-24)44-21-23-11-5-3-6-12-23)31-33(38-32(30)25-13-7-4-8-14-25)39-36(40-34(31)41)45-22-26-15-9-10-16-28(26)37/h3-20,29H,2,21-22H2,1H3,(H2,38,39,40,41). The minimum atomic E-state index is -0.752. The van der Waals surface area contributed by atoms with E-state index in [4.69, 9.17) is 26.1 Å².